The third-order valence-corrected chi connectivity index (χ3v) is 6.39. The minimum atomic E-state index is -0.131. The van der Waals surface area contributed by atoms with Gasteiger partial charge in [-0.2, -0.15) is 0 Å². The smallest absolute Gasteiger partial charge is 0.230 e. The Morgan fingerprint density at radius 1 is 1.34 bits per heavy atom. The van der Waals surface area contributed by atoms with E-state index >= 15 is 0 Å². The van der Waals surface area contributed by atoms with Crippen LogP contribution in [0.3, 0.4) is 0 Å². The third-order valence-electron chi connectivity index (χ3n) is 4.23. The number of anilines is 2. The van der Waals surface area contributed by atoms with E-state index in [4.69, 9.17) is 11.6 Å². The van der Waals surface area contributed by atoms with Gasteiger partial charge in [0.1, 0.15) is 5.82 Å². The van der Waals surface area contributed by atoms with Crippen LogP contribution in [0, 0.1) is 20.8 Å². The van der Waals surface area contributed by atoms with Crippen molar-refractivity contribution in [2.45, 2.75) is 45.1 Å². The number of aryl methyl sites for hydroxylation is 3. The van der Waals surface area contributed by atoms with Crippen molar-refractivity contribution in [2.24, 2.45) is 0 Å². The highest BCUT2D eigenvalue weighted by molar-refractivity contribution is 7.98. The number of thioether (sulfide) groups is 1. The molecule has 0 spiro atoms. The van der Waals surface area contributed by atoms with Gasteiger partial charge in [0.2, 0.25) is 5.91 Å². The van der Waals surface area contributed by atoms with E-state index in [1.54, 1.807) is 16.7 Å². The van der Waals surface area contributed by atoms with Crippen LogP contribution in [0.4, 0.5) is 10.8 Å². The molecule has 6 nitrogen and oxygen atoms in total. The number of benzene rings is 1. The third kappa shape index (κ3) is 4.71. The second-order valence-electron chi connectivity index (χ2n) is 6.61. The zero-order chi connectivity index (χ0) is 21.1. The minimum absolute atomic E-state index is 0.131. The number of carbonyl (C=O) groups is 1. The molecule has 0 radical (unpaired) electrons. The number of nitrogens with zero attached hydrogens (tertiary/aromatic N) is 5. The molecule has 9 heteroatoms. The van der Waals surface area contributed by atoms with Crippen molar-refractivity contribution < 1.29 is 4.79 Å². The molecule has 0 bridgehead atoms. The Labute approximate surface area is 183 Å². The molecule has 152 valence electrons. The molecule has 2 aromatic heterocycles. The van der Waals surface area contributed by atoms with Gasteiger partial charge in [-0.15, -0.1) is 28.1 Å². The summed E-state index contributed by atoms with van der Waals surface area (Å²) in [6.45, 7) is 11.8. The van der Waals surface area contributed by atoms with Gasteiger partial charge in [0.05, 0.1) is 16.4 Å². The number of thiazole rings is 1. The lowest BCUT2D eigenvalue weighted by atomic mass is 10.1. The first kappa shape index (κ1) is 21.5. The van der Waals surface area contributed by atoms with Crippen LogP contribution in [-0.2, 0) is 17.1 Å². The lowest BCUT2D eigenvalue weighted by Crippen LogP contribution is -2.24. The lowest BCUT2D eigenvalue weighted by molar-refractivity contribution is -0.115. The second kappa shape index (κ2) is 9.11. The van der Waals surface area contributed by atoms with Crippen LogP contribution in [-0.4, -0.2) is 25.7 Å². The van der Waals surface area contributed by atoms with E-state index in [9.17, 15) is 4.79 Å². The maximum atomic E-state index is 12.4. The van der Waals surface area contributed by atoms with Crippen molar-refractivity contribution in [3.05, 3.63) is 57.8 Å². The Morgan fingerprint density at radius 3 is 2.76 bits per heavy atom. The number of amides is 1. The summed E-state index contributed by atoms with van der Waals surface area (Å²) in [6.07, 6.45) is 1.82. The molecular weight excluding hydrogens is 426 g/mol. The summed E-state index contributed by atoms with van der Waals surface area (Å²) in [5.74, 6) is 1.34. The summed E-state index contributed by atoms with van der Waals surface area (Å²) in [5, 5.41) is 12.3. The predicted molar refractivity (Wildman–Crippen MR) is 120 cm³/mol. The number of carbonyl (C=O) groups excluding carboxylic acids is 1. The molecule has 1 aromatic carbocycles. The first-order valence-corrected chi connectivity index (χ1v) is 11.2. The van der Waals surface area contributed by atoms with Gasteiger partial charge in [-0.05, 0) is 38.0 Å². The van der Waals surface area contributed by atoms with Crippen LogP contribution < -0.4 is 4.90 Å². The molecule has 0 aliphatic rings. The van der Waals surface area contributed by atoms with Gasteiger partial charge in [-0.1, -0.05) is 35.5 Å². The molecule has 1 amide bonds. The molecule has 3 aromatic rings. The Hall–Kier alpha value is -2.16. The predicted octanol–water partition coefficient (Wildman–Crippen LogP) is 5.48. The molecule has 3 rings (SSSR count). The molecule has 0 fully saturated rings. The maximum Gasteiger partial charge on any atom is 0.230 e. The Balaban J connectivity index is 1.84. The molecule has 0 N–H and O–H groups in total. The first-order valence-electron chi connectivity index (χ1n) is 8.97. The maximum absolute atomic E-state index is 12.4. The molecule has 0 unspecified atom stereocenters. The van der Waals surface area contributed by atoms with Gasteiger partial charge in [-0.25, -0.2) is 4.98 Å². The number of rotatable bonds is 7. The highest BCUT2D eigenvalue weighted by Crippen LogP contribution is 2.38. The fourth-order valence-corrected chi connectivity index (χ4v) is 5.26. The average molecular weight is 448 g/mol. The van der Waals surface area contributed by atoms with E-state index < -0.39 is 0 Å². The van der Waals surface area contributed by atoms with Gasteiger partial charge in [0.15, 0.2) is 10.3 Å². The van der Waals surface area contributed by atoms with Gasteiger partial charge in [0, 0.05) is 24.6 Å². The zero-order valence-electron chi connectivity index (χ0n) is 16.8. The van der Waals surface area contributed by atoms with Crippen molar-refractivity contribution in [1.82, 2.24) is 19.7 Å². The molecule has 0 aliphatic heterocycles. The van der Waals surface area contributed by atoms with Crippen LogP contribution in [0.25, 0.3) is 0 Å². The number of aromatic nitrogens is 4. The van der Waals surface area contributed by atoms with Crippen molar-refractivity contribution >= 4 is 51.4 Å². The molecule has 2 heterocycles. The highest BCUT2D eigenvalue weighted by Gasteiger charge is 2.23. The number of hydrogen-bond acceptors (Lipinski definition) is 6. The lowest BCUT2D eigenvalue weighted by Gasteiger charge is -2.22. The van der Waals surface area contributed by atoms with Gasteiger partial charge < -0.3 is 4.57 Å². The second-order valence-corrected chi connectivity index (χ2v) is 8.79. The SMILES string of the molecule is C=CCn1c(C)nnc1SCc1csc(N(C(C)=O)c2c(C)cc(C)cc2Cl)n1. The van der Waals surface area contributed by atoms with Gasteiger partial charge in [-0.3, -0.25) is 9.69 Å². The quantitative estimate of drug-likeness (QED) is 0.354. The monoisotopic (exact) mass is 447 g/mol. The molecular formula is C20H22ClN5OS2. The fourth-order valence-electron chi connectivity index (χ4n) is 2.99. The van der Waals surface area contributed by atoms with E-state index in [-0.39, 0.29) is 5.91 Å². The standard InChI is InChI=1S/C20H22ClN5OS2/c1-6-7-25-14(4)23-24-20(25)29-11-16-10-28-19(22-16)26(15(5)27)18-13(3)8-12(2)9-17(18)21/h6,8-10H,1,7,11H2,2-5H3. The van der Waals surface area contributed by atoms with E-state index in [1.165, 1.54) is 18.3 Å². The van der Waals surface area contributed by atoms with E-state index in [1.807, 2.05) is 48.9 Å². The molecule has 0 atom stereocenters. The summed E-state index contributed by atoms with van der Waals surface area (Å²) >= 11 is 9.45. The van der Waals surface area contributed by atoms with Crippen molar-refractivity contribution in [3.8, 4) is 0 Å². The number of hydrogen-bond donors (Lipinski definition) is 0. The van der Waals surface area contributed by atoms with Gasteiger partial charge in [0.25, 0.3) is 0 Å². The van der Waals surface area contributed by atoms with Crippen LogP contribution in [0.15, 0.2) is 35.3 Å². The van der Waals surface area contributed by atoms with Crippen LogP contribution in [0.1, 0.15) is 29.6 Å². The highest BCUT2D eigenvalue weighted by atomic mass is 35.5. The molecule has 0 saturated carbocycles. The Bertz CT molecular complexity index is 1040. The first-order chi connectivity index (χ1) is 13.8. The average Bonchev–Trinajstić information content (AvgIpc) is 3.24. The Morgan fingerprint density at radius 2 is 2.10 bits per heavy atom. The number of halogens is 1. The summed E-state index contributed by atoms with van der Waals surface area (Å²) in [5.41, 5.74) is 3.53. The zero-order valence-corrected chi connectivity index (χ0v) is 19.2. The normalized spacial score (nSPS) is 10.9. The van der Waals surface area contributed by atoms with Gasteiger partial charge >= 0.3 is 0 Å². The van der Waals surface area contributed by atoms with Crippen LogP contribution >= 0.6 is 34.7 Å². The van der Waals surface area contributed by atoms with Crippen LogP contribution in [0.2, 0.25) is 5.02 Å². The van der Waals surface area contributed by atoms with E-state index in [0.717, 1.165) is 27.8 Å². The topological polar surface area (TPSA) is 63.9 Å². The molecule has 0 aliphatic carbocycles. The van der Waals surface area contributed by atoms with E-state index in [2.05, 4.69) is 21.8 Å². The largest absolute Gasteiger partial charge is 0.302 e. The minimum Gasteiger partial charge on any atom is -0.302 e. The van der Waals surface area contributed by atoms with Crippen LogP contribution in [0.5, 0.6) is 0 Å². The summed E-state index contributed by atoms with van der Waals surface area (Å²) in [6, 6.07) is 3.87. The van der Waals surface area contributed by atoms with Crippen molar-refractivity contribution in [2.75, 3.05) is 4.90 Å². The Kier molecular flexibility index (Phi) is 6.77. The molecule has 0 saturated heterocycles. The molecule has 29 heavy (non-hydrogen) atoms. The summed E-state index contributed by atoms with van der Waals surface area (Å²) in [7, 11) is 0. The summed E-state index contributed by atoms with van der Waals surface area (Å²) in [4.78, 5) is 18.7. The van der Waals surface area contributed by atoms with E-state index in [0.29, 0.717) is 28.1 Å². The van der Waals surface area contributed by atoms with Crippen molar-refractivity contribution in [1.29, 1.82) is 0 Å². The fraction of sp³-hybridized carbons (Fsp3) is 0.300. The van der Waals surface area contributed by atoms with Crippen molar-refractivity contribution in [3.63, 3.8) is 0 Å². The summed E-state index contributed by atoms with van der Waals surface area (Å²) < 4.78 is 2.00. The number of allylic oxidation sites excluding steroid dienone is 1.